The first kappa shape index (κ1) is 30.1. The zero-order chi connectivity index (χ0) is 25.9. The summed E-state index contributed by atoms with van der Waals surface area (Å²) < 4.78 is 8.07. The second-order valence-electron chi connectivity index (χ2n) is 8.35. The molecule has 1 rings (SSSR count). The summed E-state index contributed by atoms with van der Waals surface area (Å²) in [5.74, 6) is 0.641. The molecule has 0 radical (unpaired) electrons. The largest absolute Gasteiger partial charge is 0.473 e. The monoisotopic (exact) mass is 455 g/mol. The summed E-state index contributed by atoms with van der Waals surface area (Å²) in [7, 11) is 1.85. The first-order chi connectivity index (χ1) is 15.4. The minimum atomic E-state index is -0.127. The molecule has 0 spiro atoms. The van der Waals surface area contributed by atoms with Crippen molar-refractivity contribution < 1.29 is 4.74 Å². The summed E-state index contributed by atoms with van der Waals surface area (Å²) in [5.41, 5.74) is 12.1. The van der Waals surface area contributed by atoms with Crippen molar-refractivity contribution in [2.24, 2.45) is 12.8 Å². The van der Waals surface area contributed by atoms with E-state index in [9.17, 15) is 0 Å². The van der Waals surface area contributed by atoms with E-state index in [0.29, 0.717) is 19.0 Å². The minimum Gasteiger partial charge on any atom is -0.473 e. The van der Waals surface area contributed by atoms with Crippen LogP contribution in [0.3, 0.4) is 0 Å². The average molecular weight is 456 g/mol. The molecule has 0 aromatic carbocycles. The maximum Gasteiger partial charge on any atom is 0.220 e. The number of hydrogen-bond donors (Lipinski definition) is 2. The summed E-state index contributed by atoms with van der Waals surface area (Å²) in [6.07, 6.45) is 4.82. The Bertz CT molecular complexity index is 902. The van der Waals surface area contributed by atoms with Crippen LogP contribution in [0.1, 0.15) is 59.7 Å². The fourth-order valence-corrected chi connectivity index (χ4v) is 3.46. The predicted molar refractivity (Wildman–Crippen MR) is 144 cm³/mol. The van der Waals surface area contributed by atoms with Gasteiger partial charge in [-0.1, -0.05) is 51.3 Å². The number of ether oxygens (including phenoxy) is 1. The number of aromatic nitrogens is 2. The Morgan fingerprint density at radius 1 is 1.24 bits per heavy atom. The average Bonchev–Trinajstić information content (AvgIpc) is 2.99. The number of nitrogens with zero attached hydrogens (tertiary/aromatic N) is 3. The Morgan fingerprint density at radius 2 is 1.82 bits per heavy atom. The van der Waals surface area contributed by atoms with Crippen LogP contribution in [0.15, 0.2) is 54.3 Å². The number of nitrogens with two attached hydrogens (primary N) is 1. The third-order valence-corrected chi connectivity index (χ3v) is 4.93. The molecule has 6 nitrogen and oxygen atoms in total. The quantitative estimate of drug-likeness (QED) is 0.307. The van der Waals surface area contributed by atoms with Crippen molar-refractivity contribution in [1.82, 2.24) is 14.7 Å². The Balaban J connectivity index is 0.00000497. The van der Waals surface area contributed by atoms with E-state index in [0.717, 1.165) is 39.2 Å². The van der Waals surface area contributed by atoms with Gasteiger partial charge in [0.25, 0.3) is 0 Å². The van der Waals surface area contributed by atoms with Crippen LogP contribution in [0.25, 0.3) is 5.57 Å². The molecule has 0 aliphatic carbocycles. The van der Waals surface area contributed by atoms with Gasteiger partial charge in [0.05, 0.1) is 11.3 Å². The number of aryl methyl sites for hydroxylation is 2. The third kappa shape index (κ3) is 8.89. The molecular formula is C27H45N5O. The lowest BCUT2D eigenvalue weighted by Crippen LogP contribution is -2.41. The molecule has 0 aliphatic rings. The summed E-state index contributed by atoms with van der Waals surface area (Å²) in [6, 6.07) is 0.272. The first-order valence-corrected chi connectivity index (χ1v) is 11.5. The van der Waals surface area contributed by atoms with Crippen molar-refractivity contribution in [3.8, 4) is 5.88 Å². The van der Waals surface area contributed by atoms with Crippen LogP contribution in [0.2, 0.25) is 0 Å². The second kappa shape index (κ2) is 14.3. The maximum absolute atomic E-state index is 7.85. The highest BCUT2D eigenvalue weighted by Gasteiger charge is 2.22. The highest BCUT2D eigenvalue weighted by atomic mass is 16.5. The molecule has 0 aliphatic heterocycles. The summed E-state index contributed by atoms with van der Waals surface area (Å²) in [6.45, 7) is 29.1. The van der Waals surface area contributed by atoms with E-state index in [-0.39, 0.29) is 12.1 Å². The summed E-state index contributed by atoms with van der Waals surface area (Å²) >= 11 is 0. The fraction of sp³-hybridized carbons (Fsp3) is 0.481. The Labute approximate surface area is 201 Å². The van der Waals surface area contributed by atoms with Crippen LogP contribution in [0, 0.1) is 12.3 Å². The highest BCUT2D eigenvalue weighted by Crippen LogP contribution is 2.30. The fourth-order valence-electron chi connectivity index (χ4n) is 3.46. The van der Waals surface area contributed by atoms with E-state index < -0.39 is 0 Å². The molecule has 1 heterocycles. The van der Waals surface area contributed by atoms with Gasteiger partial charge >= 0.3 is 0 Å². The minimum absolute atomic E-state index is 0.127. The Hall–Kier alpha value is -2.86. The van der Waals surface area contributed by atoms with Gasteiger partial charge in [-0.2, -0.15) is 5.10 Å². The van der Waals surface area contributed by atoms with E-state index >= 15 is 0 Å². The molecule has 0 bridgehead atoms. The predicted octanol–water partition coefficient (Wildman–Crippen LogP) is 5.82. The van der Waals surface area contributed by atoms with Gasteiger partial charge in [0.15, 0.2) is 0 Å². The molecule has 1 aromatic heterocycles. The van der Waals surface area contributed by atoms with Crippen molar-refractivity contribution in [1.29, 1.82) is 5.41 Å². The summed E-state index contributed by atoms with van der Waals surface area (Å²) in [5, 5.41) is 12.4. The van der Waals surface area contributed by atoms with Crippen molar-refractivity contribution in [2.75, 3.05) is 13.1 Å². The highest BCUT2D eigenvalue weighted by molar-refractivity contribution is 6.10. The number of hydrogen-bond acceptors (Lipinski definition) is 5. The zero-order valence-corrected chi connectivity index (χ0v) is 22.2. The lowest BCUT2D eigenvalue weighted by molar-refractivity contribution is 0.123. The molecular weight excluding hydrogens is 410 g/mol. The van der Waals surface area contributed by atoms with E-state index in [4.69, 9.17) is 15.9 Å². The number of rotatable bonds is 12. The Morgan fingerprint density at radius 3 is 2.24 bits per heavy atom. The molecule has 6 heteroatoms. The molecule has 0 saturated carbocycles. The van der Waals surface area contributed by atoms with Gasteiger partial charge in [0.1, 0.15) is 6.10 Å². The molecule has 1 atom stereocenters. The molecule has 1 aromatic rings. The molecule has 0 unspecified atom stereocenters. The second-order valence-corrected chi connectivity index (χ2v) is 8.35. The smallest absolute Gasteiger partial charge is 0.220 e. The van der Waals surface area contributed by atoms with Crippen molar-refractivity contribution in [2.45, 2.75) is 67.5 Å². The SMILES string of the molecule is C=C/C(C(=C)C)=C(/N)CN(C[C@H](C)Oc1c(/C(C=N)=C/C(=C)C)c(C)nn1C)C(C)C.CC. The lowest BCUT2D eigenvalue weighted by Gasteiger charge is -2.30. The van der Waals surface area contributed by atoms with Crippen molar-refractivity contribution in [3.05, 3.63) is 65.6 Å². The van der Waals surface area contributed by atoms with Gasteiger partial charge in [-0.15, -0.1) is 0 Å². The number of nitrogens with one attached hydrogen (secondary N) is 1. The standard InChI is InChI=1S/C25H39N5O.C2H6/c1-11-22(17(4)5)23(27)15-30(18(6)7)14-19(8)31-25-24(20(9)28-29(25)10)21(13-26)12-16(2)3;1-2/h11-13,18-19,26H,1-2,4,14-15,27H2,3,5-10H3;1-2H3/b21-12+,23-22-,26-13?;/t19-;/m0./s1. The van der Waals surface area contributed by atoms with Gasteiger partial charge in [0.2, 0.25) is 5.88 Å². The Kier molecular flexibility index (Phi) is 13.1. The van der Waals surface area contributed by atoms with Crippen LogP contribution in [0.4, 0.5) is 0 Å². The van der Waals surface area contributed by atoms with E-state index in [1.165, 1.54) is 6.21 Å². The van der Waals surface area contributed by atoms with Gasteiger partial charge in [-0.3, -0.25) is 4.90 Å². The zero-order valence-electron chi connectivity index (χ0n) is 22.2. The van der Waals surface area contributed by atoms with Crippen LogP contribution in [-0.4, -0.2) is 46.1 Å². The van der Waals surface area contributed by atoms with E-state index in [1.807, 2.05) is 54.7 Å². The van der Waals surface area contributed by atoms with Crippen LogP contribution in [-0.2, 0) is 7.05 Å². The topological polar surface area (TPSA) is 80.2 Å². The normalized spacial score (nSPS) is 13.1. The molecule has 33 heavy (non-hydrogen) atoms. The molecule has 0 amide bonds. The van der Waals surface area contributed by atoms with Crippen LogP contribution >= 0.6 is 0 Å². The molecule has 0 saturated heterocycles. The molecule has 0 fully saturated rings. The van der Waals surface area contributed by atoms with Gasteiger partial charge in [-0.05, 0) is 52.7 Å². The van der Waals surface area contributed by atoms with Crippen molar-refractivity contribution in [3.63, 3.8) is 0 Å². The number of allylic oxidation sites excluding steroid dienone is 6. The van der Waals surface area contributed by atoms with Crippen LogP contribution < -0.4 is 10.5 Å². The van der Waals surface area contributed by atoms with Gasteiger partial charge < -0.3 is 15.9 Å². The summed E-state index contributed by atoms with van der Waals surface area (Å²) in [4.78, 5) is 2.26. The molecule has 3 N–H and O–H groups in total. The third-order valence-electron chi connectivity index (χ3n) is 4.93. The first-order valence-electron chi connectivity index (χ1n) is 11.5. The van der Waals surface area contributed by atoms with Gasteiger partial charge in [-0.25, -0.2) is 4.68 Å². The van der Waals surface area contributed by atoms with E-state index in [2.05, 4.69) is 43.6 Å². The van der Waals surface area contributed by atoms with Crippen LogP contribution in [0.5, 0.6) is 5.88 Å². The van der Waals surface area contributed by atoms with Crippen molar-refractivity contribution >= 4 is 11.8 Å². The van der Waals surface area contributed by atoms with Gasteiger partial charge in [0, 0.05) is 43.7 Å². The maximum atomic E-state index is 7.85. The van der Waals surface area contributed by atoms with E-state index in [1.54, 1.807) is 10.8 Å². The lowest BCUT2D eigenvalue weighted by atomic mass is 10.1. The molecule has 184 valence electrons.